The molecule has 4 nitrogen and oxygen atoms in total. The summed E-state index contributed by atoms with van der Waals surface area (Å²) in [6, 6.07) is 14.7. The van der Waals surface area contributed by atoms with Crippen molar-refractivity contribution in [3.63, 3.8) is 0 Å². The Morgan fingerprint density at radius 1 is 1.05 bits per heavy atom. The van der Waals surface area contributed by atoms with Crippen LogP contribution in [0.25, 0.3) is 0 Å². The molecule has 0 aliphatic heterocycles. The standard InChI is InChI=1S/C16H20N2O2S/c1-13-6-3-4-9-16(13)21(19,20)18(2)12-15-8-5-7-14(10-15)11-17/h3-10H,11-12,17H2,1-2H3. The third-order valence-corrected chi connectivity index (χ3v) is 5.38. The zero-order valence-corrected chi connectivity index (χ0v) is 13.1. The minimum atomic E-state index is -3.49. The van der Waals surface area contributed by atoms with Crippen LogP contribution in [0.2, 0.25) is 0 Å². The second-order valence-corrected chi connectivity index (χ2v) is 7.06. The minimum absolute atomic E-state index is 0.324. The van der Waals surface area contributed by atoms with Crippen molar-refractivity contribution in [2.24, 2.45) is 5.73 Å². The second kappa shape index (κ2) is 6.39. The Morgan fingerprint density at radius 2 is 1.71 bits per heavy atom. The summed E-state index contributed by atoms with van der Waals surface area (Å²) in [6.45, 7) is 2.57. The molecule has 0 fully saturated rings. The molecule has 2 aromatic rings. The molecule has 0 amide bonds. The van der Waals surface area contributed by atoms with Gasteiger partial charge in [-0.15, -0.1) is 0 Å². The van der Waals surface area contributed by atoms with Crippen molar-refractivity contribution < 1.29 is 8.42 Å². The Morgan fingerprint density at radius 3 is 2.38 bits per heavy atom. The van der Waals surface area contributed by atoms with Gasteiger partial charge in [-0.3, -0.25) is 0 Å². The van der Waals surface area contributed by atoms with Crippen LogP contribution >= 0.6 is 0 Å². The lowest BCUT2D eigenvalue weighted by Crippen LogP contribution is -2.27. The summed E-state index contributed by atoms with van der Waals surface area (Å²) in [7, 11) is -1.89. The number of nitrogens with zero attached hydrogens (tertiary/aromatic N) is 1. The number of rotatable bonds is 5. The minimum Gasteiger partial charge on any atom is -0.326 e. The topological polar surface area (TPSA) is 63.4 Å². The van der Waals surface area contributed by atoms with Crippen LogP contribution in [0.4, 0.5) is 0 Å². The highest BCUT2D eigenvalue weighted by molar-refractivity contribution is 7.89. The van der Waals surface area contributed by atoms with Gasteiger partial charge in [0.05, 0.1) is 4.90 Å². The number of nitrogens with two attached hydrogens (primary N) is 1. The van der Waals surface area contributed by atoms with Crippen LogP contribution in [0, 0.1) is 6.92 Å². The van der Waals surface area contributed by atoms with Gasteiger partial charge in [-0.2, -0.15) is 4.31 Å². The van der Waals surface area contributed by atoms with E-state index in [1.54, 1.807) is 32.2 Å². The fourth-order valence-electron chi connectivity index (χ4n) is 2.21. The number of hydrogen-bond donors (Lipinski definition) is 1. The summed E-state index contributed by atoms with van der Waals surface area (Å²) >= 11 is 0. The SMILES string of the molecule is Cc1ccccc1S(=O)(=O)N(C)Cc1cccc(CN)c1. The van der Waals surface area contributed by atoms with Crippen molar-refractivity contribution in [1.82, 2.24) is 4.31 Å². The highest BCUT2D eigenvalue weighted by Crippen LogP contribution is 2.20. The molecule has 0 bridgehead atoms. The molecule has 0 aliphatic carbocycles. The number of sulfonamides is 1. The van der Waals surface area contributed by atoms with E-state index >= 15 is 0 Å². The average Bonchev–Trinajstić information content (AvgIpc) is 2.47. The Balaban J connectivity index is 2.27. The van der Waals surface area contributed by atoms with Crippen molar-refractivity contribution >= 4 is 10.0 Å². The molecule has 5 heteroatoms. The van der Waals surface area contributed by atoms with Crippen LogP contribution in [0.3, 0.4) is 0 Å². The van der Waals surface area contributed by atoms with Gasteiger partial charge in [-0.25, -0.2) is 8.42 Å². The maximum absolute atomic E-state index is 12.6. The predicted molar refractivity (Wildman–Crippen MR) is 84.2 cm³/mol. The predicted octanol–water partition coefficient (Wildman–Crippen LogP) is 2.27. The molecule has 2 rings (SSSR count). The van der Waals surface area contributed by atoms with Crippen LogP contribution in [0.1, 0.15) is 16.7 Å². The monoisotopic (exact) mass is 304 g/mol. The summed E-state index contributed by atoms with van der Waals surface area (Å²) in [5.41, 5.74) is 8.29. The Labute approximate surface area is 126 Å². The molecule has 112 valence electrons. The summed E-state index contributed by atoms with van der Waals surface area (Å²) < 4.78 is 26.6. The molecule has 0 saturated heterocycles. The quantitative estimate of drug-likeness (QED) is 0.921. The first-order valence-corrected chi connectivity index (χ1v) is 8.19. The highest BCUT2D eigenvalue weighted by atomic mass is 32.2. The molecule has 2 aromatic carbocycles. The van der Waals surface area contributed by atoms with Crippen molar-refractivity contribution in [2.75, 3.05) is 7.05 Å². The first-order chi connectivity index (χ1) is 9.95. The van der Waals surface area contributed by atoms with E-state index in [0.717, 1.165) is 16.7 Å². The van der Waals surface area contributed by atoms with Crippen molar-refractivity contribution in [2.45, 2.75) is 24.9 Å². The van der Waals surface area contributed by atoms with Crippen LogP contribution in [-0.4, -0.2) is 19.8 Å². The molecule has 0 radical (unpaired) electrons. The molecule has 0 unspecified atom stereocenters. The zero-order valence-electron chi connectivity index (χ0n) is 12.3. The maximum atomic E-state index is 12.6. The first kappa shape index (κ1) is 15.7. The van der Waals surface area contributed by atoms with Gasteiger partial charge in [0.2, 0.25) is 10.0 Å². The Kier molecular flexibility index (Phi) is 4.77. The van der Waals surface area contributed by atoms with Gasteiger partial charge >= 0.3 is 0 Å². The van der Waals surface area contributed by atoms with E-state index in [0.29, 0.717) is 18.0 Å². The number of benzene rings is 2. The summed E-state index contributed by atoms with van der Waals surface area (Å²) in [6.07, 6.45) is 0. The number of hydrogen-bond acceptors (Lipinski definition) is 3. The molecule has 0 atom stereocenters. The zero-order chi connectivity index (χ0) is 15.5. The van der Waals surface area contributed by atoms with Gasteiger partial charge in [0.25, 0.3) is 0 Å². The van der Waals surface area contributed by atoms with Crippen LogP contribution in [0.5, 0.6) is 0 Å². The molecule has 0 spiro atoms. The summed E-state index contributed by atoms with van der Waals surface area (Å²) in [5.74, 6) is 0. The highest BCUT2D eigenvalue weighted by Gasteiger charge is 2.22. The lowest BCUT2D eigenvalue weighted by molar-refractivity contribution is 0.466. The van der Waals surface area contributed by atoms with Gasteiger partial charge < -0.3 is 5.73 Å². The van der Waals surface area contributed by atoms with Gasteiger partial charge in [-0.1, -0.05) is 42.5 Å². The lowest BCUT2D eigenvalue weighted by Gasteiger charge is -2.19. The molecule has 21 heavy (non-hydrogen) atoms. The fourth-order valence-corrected chi connectivity index (χ4v) is 3.59. The van der Waals surface area contributed by atoms with Gasteiger partial charge in [0, 0.05) is 20.1 Å². The van der Waals surface area contributed by atoms with E-state index in [1.807, 2.05) is 30.3 Å². The molecule has 0 aromatic heterocycles. The Bertz CT molecular complexity index is 727. The maximum Gasteiger partial charge on any atom is 0.243 e. The van der Waals surface area contributed by atoms with E-state index in [2.05, 4.69) is 0 Å². The van der Waals surface area contributed by atoms with Crippen molar-refractivity contribution in [3.8, 4) is 0 Å². The van der Waals surface area contributed by atoms with E-state index in [-0.39, 0.29) is 0 Å². The third kappa shape index (κ3) is 3.50. The van der Waals surface area contributed by atoms with E-state index < -0.39 is 10.0 Å². The lowest BCUT2D eigenvalue weighted by atomic mass is 10.1. The smallest absolute Gasteiger partial charge is 0.243 e. The van der Waals surface area contributed by atoms with E-state index in [1.165, 1.54) is 4.31 Å². The largest absolute Gasteiger partial charge is 0.326 e. The average molecular weight is 304 g/mol. The second-order valence-electron chi connectivity index (χ2n) is 5.05. The van der Waals surface area contributed by atoms with Gasteiger partial charge in [-0.05, 0) is 29.7 Å². The molecule has 2 N–H and O–H groups in total. The molecule has 0 aliphatic rings. The molecule has 0 saturated carbocycles. The van der Waals surface area contributed by atoms with Crippen LogP contribution in [-0.2, 0) is 23.1 Å². The number of aryl methyl sites for hydroxylation is 1. The molecule has 0 heterocycles. The normalized spacial score (nSPS) is 11.8. The van der Waals surface area contributed by atoms with E-state index in [4.69, 9.17) is 5.73 Å². The van der Waals surface area contributed by atoms with Crippen LogP contribution < -0.4 is 5.73 Å². The third-order valence-electron chi connectivity index (χ3n) is 3.41. The van der Waals surface area contributed by atoms with Crippen LogP contribution in [0.15, 0.2) is 53.4 Å². The first-order valence-electron chi connectivity index (χ1n) is 6.75. The van der Waals surface area contributed by atoms with E-state index in [9.17, 15) is 8.42 Å². The summed E-state index contributed by atoms with van der Waals surface area (Å²) in [5, 5.41) is 0. The van der Waals surface area contributed by atoms with Gasteiger partial charge in [0.1, 0.15) is 0 Å². The molecular formula is C16H20N2O2S. The summed E-state index contributed by atoms with van der Waals surface area (Å²) in [4.78, 5) is 0.350. The fraction of sp³-hybridized carbons (Fsp3) is 0.250. The van der Waals surface area contributed by atoms with Crippen molar-refractivity contribution in [1.29, 1.82) is 0 Å². The van der Waals surface area contributed by atoms with Crippen molar-refractivity contribution in [3.05, 3.63) is 65.2 Å². The Hall–Kier alpha value is -1.69. The molecular weight excluding hydrogens is 284 g/mol. The van der Waals surface area contributed by atoms with Gasteiger partial charge in [0.15, 0.2) is 0 Å².